The lowest BCUT2D eigenvalue weighted by molar-refractivity contribution is 0.251. The van der Waals surface area contributed by atoms with Gasteiger partial charge in [-0.3, -0.25) is 9.89 Å². The van der Waals surface area contributed by atoms with Gasteiger partial charge in [0.25, 0.3) is 5.56 Å². The van der Waals surface area contributed by atoms with Crippen LogP contribution in [0.3, 0.4) is 0 Å². The molecular formula is C12H14N4O3. The molecule has 0 aliphatic rings. The van der Waals surface area contributed by atoms with Gasteiger partial charge in [-0.1, -0.05) is 6.07 Å². The molecule has 0 aliphatic carbocycles. The summed E-state index contributed by atoms with van der Waals surface area (Å²) in [5, 5.41) is 10.3. The van der Waals surface area contributed by atoms with E-state index < -0.39 is 0 Å². The molecule has 2 aromatic rings. The number of urea groups is 1. The van der Waals surface area contributed by atoms with Crippen molar-refractivity contribution in [3.63, 3.8) is 0 Å². The second kappa shape index (κ2) is 5.76. The van der Waals surface area contributed by atoms with Gasteiger partial charge in [0, 0.05) is 17.8 Å². The summed E-state index contributed by atoms with van der Waals surface area (Å²) >= 11 is 0. The maximum atomic E-state index is 11.6. The fourth-order valence-electron chi connectivity index (χ4n) is 1.52. The SMILES string of the molecule is COc1cccc(NC(=O)NCc2cc(=O)[nH][nH]2)c1. The third kappa shape index (κ3) is 3.63. The summed E-state index contributed by atoms with van der Waals surface area (Å²) in [4.78, 5) is 22.5. The third-order valence-electron chi connectivity index (χ3n) is 2.42. The van der Waals surface area contributed by atoms with E-state index in [0.717, 1.165) is 0 Å². The molecule has 0 aliphatic heterocycles. The standard InChI is InChI=1S/C12H14N4O3/c1-19-10-4-2-3-8(5-10)14-12(18)13-7-9-6-11(17)16-15-9/h2-6H,7H2,1H3,(H2,13,14,18)(H2,15,16,17). The minimum Gasteiger partial charge on any atom is -0.497 e. The average molecular weight is 262 g/mol. The summed E-state index contributed by atoms with van der Waals surface area (Å²) in [7, 11) is 1.56. The van der Waals surface area contributed by atoms with Crippen LogP contribution in [0.1, 0.15) is 5.69 Å². The Morgan fingerprint density at radius 3 is 2.84 bits per heavy atom. The van der Waals surface area contributed by atoms with Gasteiger partial charge in [0.1, 0.15) is 5.75 Å². The zero-order valence-electron chi connectivity index (χ0n) is 10.3. The molecule has 2 amide bonds. The van der Waals surface area contributed by atoms with Crippen LogP contribution >= 0.6 is 0 Å². The maximum Gasteiger partial charge on any atom is 0.319 e. The van der Waals surface area contributed by atoms with Crippen LogP contribution in [0.2, 0.25) is 0 Å². The van der Waals surface area contributed by atoms with Gasteiger partial charge in [-0.05, 0) is 12.1 Å². The molecule has 0 fully saturated rings. The number of H-pyrrole nitrogens is 2. The third-order valence-corrected chi connectivity index (χ3v) is 2.42. The van der Waals surface area contributed by atoms with E-state index in [4.69, 9.17) is 4.74 Å². The Morgan fingerprint density at radius 2 is 2.16 bits per heavy atom. The summed E-state index contributed by atoms with van der Waals surface area (Å²) in [6.07, 6.45) is 0. The zero-order valence-corrected chi connectivity index (χ0v) is 10.3. The Bertz CT molecular complexity index is 617. The zero-order chi connectivity index (χ0) is 13.7. The van der Waals surface area contributed by atoms with Crippen LogP contribution in [0.4, 0.5) is 10.5 Å². The fraction of sp³-hybridized carbons (Fsp3) is 0.167. The number of benzene rings is 1. The number of ether oxygens (including phenoxy) is 1. The van der Waals surface area contributed by atoms with Crippen molar-refractivity contribution < 1.29 is 9.53 Å². The highest BCUT2D eigenvalue weighted by Gasteiger charge is 2.03. The molecular weight excluding hydrogens is 248 g/mol. The normalized spacial score (nSPS) is 9.95. The van der Waals surface area contributed by atoms with Crippen LogP contribution in [0.5, 0.6) is 5.75 Å². The number of hydrogen-bond acceptors (Lipinski definition) is 3. The molecule has 7 heteroatoms. The molecule has 0 unspecified atom stereocenters. The van der Waals surface area contributed by atoms with E-state index >= 15 is 0 Å². The van der Waals surface area contributed by atoms with E-state index in [0.29, 0.717) is 17.1 Å². The molecule has 0 atom stereocenters. The minimum atomic E-state index is -0.365. The number of amides is 2. The first kappa shape index (κ1) is 12.7. The van der Waals surface area contributed by atoms with Gasteiger partial charge in [0.15, 0.2) is 0 Å². The number of methoxy groups -OCH3 is 1. The highest BCUT2D eigenvalue weighted by Crippen LogP contribution is 2.16. The van der Waals surface area contributed by atoms with Crippen LogP contribution in [0, 0.1) is 0 Å². The van der Waals surface area contributed by atoms with Crippen molar-refractivity contribution >= 4 is 11.7 Å². The number of carbonyl (C=O) groups is 1. The summed E-state index contributed by atoms with van der Waals surface area (Å²) in [6.45, 7) is 0.231. The van der Waals surface area contributed by atoms with Gasteiger partial charge in [0.2, 0.25) is 0 Å². The Hall–Kier alpha value is -2.70. The van der Waals surface area contributed by atoms with E-state index in [-0.39, 0.29) is 18.1 Å². The van der Waals surface area contributed by atoms with Crippen LogP contribution in [0.25, 0.3) is 0 Å². The van der Waals surface area contributed by atoms with Crippen molar-refractivity contribution in [3.05, 3.63) is 46.4 Å². The molecule has 0 bridgehead atoms. The first-order chi connectivity index (χ1) is 9.17. The van der Waals surface area contributed by atoms with Crippen molar-refractivity contribution in [3.8, 4) is 5.75 Å². The van der Waals surface area contributed by atoms with Gasteiger partial charge in [-0.15, -0.1) is 0 Å². The first-order valence-electron chi connectivity index (χ1n) is 5.63. The van der Waals surface area contributed by atoms with Crippen LogP contribution in [-0.2, 0) is 6.54 Å². The Kier molecular flexibility index (Phi) is 3.87. The van der Waals surface area contributed by atoms with Gasteiger partial charge in [-0.2, -0.15) is 0 Å². The molecule has 1 heterocycles. The van der Waals surface area contributed by atoms with Crippen LogP contribution in [0.15, 0.2) is 35.1 Å². The van der Waals surface area contributed by atoms with Gasteiger partial charge >= 0.3 is 6.03 Å². The highest BCUT2D eigenvalue weighted by molar-refractivity contribution is 5.89. The molecule has 0 spiro atoms. The molecule has 100 valence electrons. The number of anilines is 1. The second-order valence-electron chi connectivity index (χ2n) is 3.82. The Balaban J connectivity index is 1.88. The summed E-state index contributed by atoms with van der Waals surface area (Å²) in [5.74, 6) is 0.660. The molecule has 2 rings (SSSR count). The van der Waals surface area contributed by atoms with E-state index in [1.54, 1.807) is 31.4 Å². The van der Waals surface area contributed by atoms with Crippen molar-refractivity contribution in [2.75, 3.05) is 12.4 Å². The van der Waals surface area contributed by atoms with Crippen LogP contribution in [-0.4, -0.2) is 23.3 Å². The molecule has 7 nitrogen and oxygen atoms in total. The lowest BCUT2D eigenvalue weighted by Gasteiger charge is -2.07. The van der Waals surface area contributed by atoms with Crippen molar-refractivity contribution in [1.82, 2.24) is 15.5 Å². The van der Waals surface area contributed by atoms with E-state index in [2.05, 4.69) is 20.8 Å². The van der Waals surface area contributed by atoms with Crippen molar-refractivity contribution in [2.45, 2.75) is 6.54 Å². The fourth-order valence-corrected chi connectivity index (χ4v) is 1.52. The van der Waals surface area contributed by atoms with Gasteiger partial charge in [-0.25, -0.2) is 4.79 Å². The monoisotopic (exact) mass is 262 g/mol. The molecule has 1 aromatic carbocycles. The van der Waals surface area contributed by atoms with Crippen LogP contribution < -0.4 is 20.9 Å². The minimum absolute atomic E-state index is 0.231. The summed E-state index contributed by atoms with van der Waals surface area (Å²) in [6, 6.07) is 8.03. The summed E-state index contributed by atoms with van der Waals surface area (Å²) < 4.78 is 5.05. The smallest absolute Gasteiger partial charge is 0.319 e. The number of carbonyl (C=O) groups excluding carboxylic acids is 1. The number of aromatic amines is 2. The molecule has 4 N–H and O–H groups in total. The van der Waals surface area contributed by atoms with E-state index in [1.807, 2.05) is 0 Å². The maximum absolute atomic E-state index is 11.6. The molecule has 0 saturated carbocycles. The highest BCUT2D eigenvalue weighted by atomic mass is 16.5. The Labute approximate surface area is 109 Å². The van der Waals surface area contributed by atoms with Gasteiger partial charge < -0.3 is 20.5 Å². The molecule has 0 saturated heterocycles. The quantitative estimate of drug-likeness (QED) is 0.662. The van der Waals surface area contributed by atoms with Crippen molar-refractivity contribution in [2.24, 2.45) is 0 Å². The predicted molar refractivity (Wildman–Crippen MR) is 70.3 cm³/mol. The largest absolute Gasteiger partial charge is 0.497 e. The number of aromatic nitrogens is 2. The topological polar surface area (TPSA) is 99.0 Å². The van der Waals surface area contributed by atoms with Gasteiger partial charge in [0.05, 0.1) is 19.3 Å². The lowest BCUT2D eigenvalue weighted by atomic mass is 10.3. The molecule has 0 radical (unpaired) electrons. The predicted octanol–water partition coefficient (Wildman–Crippen LogP) is 1.03. The number of hydrogen-bond donors (Lipinski definition) is 4. The average Bonchev–Trinajstić information content (AvgIpc) is 2.82. The first-order valence-corrected chi connectivity index (χ1v) is 5.63. The van der Waals surface area contributed by atoms with E-state index in [9.17, 15) is 9.59 Å². The van der Waals surface area contributed by atoms with E-state index in [1.165, 1.54) is 6.07 Å². The summed E-state index contributed by atoms with van der Waals surface area (Å²) in [5.41, 5.74) is 0.996. The number of nitrogens with one attached hydrogen (secondary N) is 4. The Morgan fingerprint density at radius 1 is 1.32 bits per heavy atom. The lowest BCUT2D eigenvalue weighted by Crippen LogP contribution is -2.28. The van der Waals surface area contributed by atoms with Crippen molar-refractivity contribution in [1.29, 1.82) is 0 Å². The molecule has 19 heavy (non-hydrogen) atoms. The number of rotatable bonds is 4. The molecule has 1 aromatic heterocycles. The second-order valence-corrected chi connectivity index (χ2v) is 3.82.